The van der Waals surface area contributed by atoms with Gasteiger partial charge in [-0.1, -0.05) is 24.1 Å². The molecule has 178 valence electrons. The molecular weight excluding hydrogens is 488 g/mol. The smallest absolute Gasteiger partial charge is 0.335 e. The number of piperidine rings is 1. The summed E-state index contributed by atoms with van der Waals surface area (Å²) in [6.07, 6.45) is 5.32. The van der Waals surface area contributed by atoms with Gasteiger partial charge in [-0.05, 0) is 73.5 Å². The molecule has 1 heterocycles. The average molecular weight is 513 g/mol. The summed E-state index contributed by atoms with van der Waals surface area (Å²) < 4.78 is 54.1. The molecule has 2 aromatic carbocycles. The largest absolute Gasteiger partial charge is 0.478 e. The lowest BCUT2D eigenvalue weighted by Gasteiger charge is -2.27. The number of carboxylic acids is 1. The topological polar surface area (TPSA) is 130 Å². The monoisotopic (exact) mass is 512 g/mol. The van der Waals surface area contributed by atoms with E-state index in [0.717, 1.165) is 51.0 Å². The lowest BCUT2D eigenvalue weighted by Crippen LogP contribution is -2.28. The lowest BCUT2D eigenvalue weighted by molar-refractivity contribution is 0.0696. The van der Waals surface area contributed by atoms with Gasteiger partial charge in [0, 0.05) is 12.3 Å². The number of rotatable bonds is 7. The fourth-order valence-electron chi connectivity index (χ4n) is 4.18. The van der Waals surface area contributed by atoms with Crippen LogP contribution >= 0.6 is 11.6 Å². The molecule has 2 fully saturated rings. The number of nitrogens with one attached hydrogen (secondary N) is 2. The predicted molar refractivity (Wildman–Crippen MR) is 125 cm³/mol. The van der Waals surface area contributed by atoms with Gasteiger partial charge in [-0.15, -0.1) is 0 Å². The molecule has 8 nitrogen and oxygen atoms in total. The first kappa shape index (κ1) is 24.0. The standard InChI is InChI=1S/C22H25ClN2O6S2/c1-32(28,29)21-12-19(16(11-17(21)23)18-4-2-3-9-24-18)25-33(30,31)20-10-14(22(26)27)7-8-15(20)13-5-6-13/h7-8,10-13,18,24-25H,2-6,9H2,1H3,(H,26,27). The molecule has 0 bridgehead atoms. The van der Waals surface area contributed by atoms with Crippen molar-refractivity contribution in [3.63, 3.8) is 0 Å². The third-order valence-electron chi connectivity index (χ3n) is 6.00. The summed E-state index contributed by atoms with van der Waals surface area (Å²) >= 11 is 6.27. The highest BCUT2D eigenvalue weighted by atomic mass is 35.5. The molecule has 1 saturated carbocycles. The second-order valence-electron chi connectivity index (χ2n) is 8.58. The Morgan fingerprint density at radius 2 is 1.76 bits per heavy atom. The van der Waals surface area contributed by atoms with Gasteiger partial charge >= 0.3 is 5.97 Å². The van der Waals surface area contributed by atoms with Gasteiger partial charge in [0.05, 0.1) is 26.1 Å². The van der Waals surface area contributed by atoms with Gasteiger partial charge < -0.3 is 10.4 Å². The number of hydrogen-bond acceptors (Lipinski definition) is 6. The molecule has 1 saturated heterocycles. The molecule has 1 unspecified atom stereocenters. The SMILES string of the molecule is CS(=O)(=O)c1cc(NS(=O)(=O)c2cc(C(=O)O)ccc2C2CC2)c(C2CCCCN2)cc1Cl. The van der Waals surface area contributed by atoms with E-state index in [1.165, 1.54) is 18.2 Å². The van der Waals surface area contributed by atoms with Gasteiger partial charge in [-0.2, -0.15) is 0 Å². The molecular formula is C22H25ClN2O6S2. The number of carboxylic acid groups (broad SMARTS) is 1. The number of hydrogen-bond donors (Lipinski definition) is 3. The number of halogens is 1. The summed E-state index contributed by atoms with van der Waals surface area (Å²) in [6, 6.07) is 6.65. The van der Waals surface area contributed by atoms with Crippen LogP contribution in [0.15, 0.2) is 40.1 Å². The van der Waals surface area contributed by atoms with E-state index in [1.807, 2.05) is 0 Å². The fourth-order valence-corrected chi connectivity index (χ4v) is 6.92. The maximum atomic E-state index is 13.5. The van der Waals surface area contributed by atoms with Crippen molar-refractivity contribution in [2.24, 2.45) is 0 Å². The van der Waals surface area contributed by atoms with Crippen LogP contribution < -0.4 is 10.0 Å². The van der Waals surface area contributed by atoms with E-state index in [0.29, 0.717) is 11.1 Å². The first-order valence-electron chi connectivity index (χ1n) is 10.6. The Bertz CT molecular complexity index is 1310. The van der Waals surface area contributed by atoms with Crippen LogP contribution in [-0.4, -0.2) is 40.7 Å². The average Bonchev–Trinajstić information content (AvgIpc) is 3.59. The molecule has 0 spiro atoms. The van der Waals surface area contributed by atoms with Crippen molar-refractivity contribution in [3.05, 3.63) is 52.0 Å². The molecule has 1 aliphatic carbocycles. The van der Waals surface area contributed by atoms with Crippen LogP contribution in [0.25, 0.3) is 0 Å². The van der Waals surface area contributed by atoms with Gasteiger partial charge in [0.25, 0.3) is 10.0 Å². The number of carbonyl (C=O) groups is 1. The van der Waals surface area contributed by atoms with Crippen LogP contribution in [0, 0.1) is 0 Å². The first-order valence-corrected chi connectivity index (χ1v) is 14.4. The predicted octanol–water partition coefficient (Wildman–Crippen LogP) is 3.93. The summed E-state index contributed by atoms with van der Waals surface area (Å²) in [5.41, 5.74) is 1.09. The van der Waals surface area contributed by atoms with Crippen molar-refractivity contribution in [3.8, 4) is 0 Å². The Labute approximate surface area is 198 Å². The fraction of sp³-hybridized carbons (Fsp3) is 0.409. The van der Waals surface area contributed by atoms with E-state index in [9.17, 15) is 26.7 Å². The second kappa shape index (κ2) is 8.90. The highest BCUT2D eigenvalue weighted by molar-refractivity contribution is 7.92. The minimum Gasteiger partial charge on any atom is -0.478 e. The molecule has 1 atom stereocenters. The van der Waals surface area contributed by atoms with Crippen molar-refractivity contribution in [1.29, 1.82) is 0 Å². The van der Waals surface area contributed by atoms with E-state index >= 15 is 0 Å². The minimum atomic E-state index is -4.22. The van der Waals surface area contributed by atoms with Gasteiger partial charge in [0.15, 0.2) is 9.84 Å². The van der Waals surface area contributed by atoms with E-state index in [4.69, 9.17) is 11.6 Å². The molecule has 33 heavy (non-hydrogen) atoms. The first-order chi connectivity index (χ1) is 15.5. The molecule has 0 amide bonds. The van der Waals surface area contributed by atoms with Crippen LogP contribution in [0.1, 0.15) is 65.5 Å². The van der Waals surface area contributed by atoms with Gasteiger partial charge in [0.1, 0.15) is 0 Å². The Balaban J connectivity index is 1.83. The number of sulfonamides is 1. The van der Waals surface area contributed by atoms with Crippen LogP contribution in [-0.2, 0) is 19.9 Å². The second-order valence-corrected chi connectivity index (χ2v) is 12.6. The molecule has 2 aliphatic rings. The highest BCUT2D eigenvalue weighted by Crippen LogP contribution is 2.44. The van der Waals surface area contributed by atoms with E-state index in [-0.39, 0.29) is 38.0 Å². The Morgan fingerprint density at radius 3 is 2.33 bits per heavy atom. The van der Waals surface area contributed by atoms with Gasteiger partial charge in [-0.3, -0.25) is 4.72 Å². The van der Waals surface area contributed by atoms with Crippen LogP contribution in [0.4, 0.5) is 5.69 Å². The molecule has 2 aromatic rings. The molecule has 11 heteroatoms. The van der Waals surface area contributed by atoms with Crippen molar-refractivity contribution < 1.29 is 26.7 Å². The maximum Gasteiger partial charge on any atom is 0.335 e. The maximum absolute atomic E-state index is 13.5. The van der Waals surface area contributed by atoms with Crippen molar-refractivity contribution in [1.82, 2.24) is 5.32 Å². The van der Waals surface area contributed by atoms with E-state index in [1.54, 1.807) is 6.07 Å². The number of aromatic carboxylic acids is 1. The number of anilines is 1. The molecule has 1 aliphatic heterocycles. The summed E-state index contributed by atoms with van der Waals surface area (Å²) in [5.74, 6) is -1.18. The van der Waals surface area contributed by atoms with Crippen molar-refractivity contribution in [2.75, 3.05) is 17.5 Å². The van der Waals surface area contributed by atoms with Crippen molar-refractivity contribution in [2.45, 2.75) is 53.9 Å². The normalized spacial score (nSPS) is 19.3. The third kappa shape index (κ3) is 5.18. The zero-order valence-corrected chi connectivity index (χ0v) is 20.4. The number of benzene rings is 2. The summed E-state index contributed by atoms with van der Waals surface area (Å²) in [4.78, 5) is 11.2. The lowest BCUT2D eigenvalue weighted by atomic mass is 9.96. The van der Waals surface area contributed by atoms with Crippen LogP contribution in [0.2, 0.25) is 5.02 Å². The quantitative estimate of drug-likeness (QED) is 0.512. The third-order valence-corrected chi connectivity index (χ3v) is 8.98. The van der Waals surface area contributed by atoms with E-state index < -0.39 is 25.8 Å². The van der Waals surface area contributed by atoms with Crippen LogP contribution in [0.5, 0.6) is 0 Å². The Kier molecular flexibility index (Phi) is 6.47. The zero-order chi connectivity index (χ0) is 24.0. The van der Waals surface area contributed by atoms with Gasteiger partial charge in [-0.25, -0.2) is 21.6 Å². The molecule has 0 radical (unpaired) electrons. The molecule has 0 aromatic heterocycles. The summed E-state index contributed by atoms with van der Waals surface area (Å²) in [6.45, 7) is 0.745. The van der Waals surface area contributed by atoms with Gasteiger partial charge in [0.2, 0.25) is 0 Å². The molecule has 3 N–H and O–H groups in total. The highest BCUT2D eigenvalue weighted by Gasteiger charge is 2.32. The Hall–Kier alpha value is -2.14. The summed E-state index contributed by atoms with van der Waals surface area (Å²) in [7, 11) is -7.94. The van der Waals surface area contributed by atoms with Crippen LogP contribution in [0.3, 0.4) is 0 Å². The number of sulfone groups is 1. The molecule has 4 rings (SSSR count). The van der Waals surface area contributed by atoms with Crippen molar-refractivity contribution >= 4 is 43.1 Å². The Morgan fingerprint density at radius 1 is 1.03 bits per heavy atom. The summed E-state index contributed by atoms with van der Waals surface area (Å²) in [5, 5.41) is 12.7. The zero-order valence-electron chi connectivity index (χ0n) is 18.0. The van der Waals surface area contributed by atoms with E-state index in [2.05, 4.69) is 10.0 Å². The minimum absolute atomic E-state index is 0.0226.